The van der Waals surface area contributed by atoms with Crippen molar-refractivity contribution in [3.63, 3.8) is 0 Å². The minimum Gasteiger partial charge on any atom is -0.465 e. The molecule has 1 aromatic carbocycles. The SMILES string of the molecule is C=CCCCOC(=O)Cc1c(C(=O)OC)oc2ccccc12. The standard InChI is InChI=1S/C17H18O5/c1-3-4-7-10-21-15(18)11-13-12-8-5-6-9-14(12)22-16(13)17(19)20-2/h3,5-6,8-9H,1,4,7,10-11H2,2H3. The van der Waals surface area contributed by atoms with Gasteiger partial charge in [0.15, 0.2) is 0 Å². The second kappa shape index (κ2) is 7.45. The van der Waals surface area contributed by atoms with Gasteiger partial charge in [-0.2, -0.15) is 0 Å². The molecule has 1 aromatic heterocycles. The van der Waals surface area contributed by atoms with Crippen molar-refractivity contribution < 1.29 is 23.5 Å². The van der Waals surface area contributed by atoms with Crippen LogP contribution < -0.4 is 0 Å². The van der Waals surface area contributed by atoms with Crippen LogP contribution in [-0.2, 0) is 20.7 Å². The molecule has 0 aliphatic rings. The summed E-state index contributed by atoms with van der Waals surface area (Å²) in [6.07, 6.45) is 3.25. The number of para-hydroxylation sites is 1. The molecule has 116 valence electrons. The first-order valence-electron chi connectivity index (χ1n) is 7.02. The normalized spacial score (nSPS) is 10.4. The highest BCUT2D eigenvalue weighted by atomic mass is 16.5. The third kappa shape index (κ3) is 3.55. The molecule has 5 nitrogen and oxygen atoms in total. The van der Waals surface area contributed by atoms with Crippen molar-refractivity contribution in [1.82, 2.24) is 0 Å². The van der Waals surface area contributed by atoms with Gasteiger partial charge in [-0.15, -0.1) is 6.58 Å². The Morgan fingerprint density at radius 2 is 2.09 bits per heavy atom. The Bertz CT molecular complexity index is 683. The maximum atomic E-state index is 11.9. The second-order valence-electron chi connectivity index (χ2n) is 4.73. The summed E-state index contributed by atoms with van der Waals surface area (Å²) in [5, 5.41) is 0.714. The van der Waals surface area contributed by atoms with Crippen molar-refractivity contribution in [2.24, 2.45) is 0 Å². The first kappa shape index (κ1) is 15.8. The number of fused-ring (bicyclic) bond motifs is 1. The van der Waals surface area contributed by atoms with Gasteiger partial charge in [-0.1, -0.05) is 24.3 Å². The van der Waals surface area contributed by atoms with E-state index in [0.29, 0.717) is 23.1 Å². The highest BCUT2D eigenvalue weighted by Crippen LogP contribution is 2.27. The smallest absolute Gasteiger partial charge is 0.374 e. The van der Waals surface area contributed by atoms with E-state index in [1.54, 1.807) is 24.3 Å². The van der Waals surface area contributed by atoms with Gasteiger partial charge in [-0.25, -0.2) is 4.79 Å². The predicted octanol–water partition coefficient (Wildman–Crippen LogP) is 3.27. The molecule has 0 radical (unpaired) electrons. The predicted molar refractivity (Wildman–Crippen MR) is 81.6 cm³/mol. The lowest BCUT2D eigenvalue weighted by Gasteiger charge is -2.04. The number of esters is 2. The molecule has 0 fully saturated rings. The van der Waals surface area contributed by atoms with E-state index < -0.39 is 11.9 Å². The molecule has 0 saturated carbocycles. The van der Waals surface area contributed by atoms with Crippen LogP contribution in [0.2, 0.25) is 0 Å². The molecule has 0 atom stereocenters. The van der Waals surface area contributed by atoms with Crippen LogP contribution in [0.25, 0.3) is 11.0 Å². The van der Waals surface area contributed by atoms with Gasteiger partial charge in [-0.3, -0.25) is 4.79 Å². The zero-order chi connectivity index (χ0) is 15.9. The third-order valence-corrected chi connectivity index (χ3v) is 3.21. The van der Waals surface area contributed by atoms with Crippen molar-refractivity contribution >= 4 is 22.9 Å². The molecule has 22 heavy (non-hydrogen) atoms. The molecule has 0 N–H and O–H groups in total. The lowest BCUT2D eigenvalue weighted by atomic mass is 10.1. The first-order valence-corrected chi connectivity index (χ1v) is 7.02. The van der Waals surface area contributed by atoms with Crippen LogP contribution >= 0.6 is 0 Å². The number of allylic oxidation sites excluding steroid dienone is 1. The Morgan fingerprint density at radius 3 is 2.82 bits per heavy atom. The number of hydrogen-bond donors (Lipinski definition) is 0. The maximum absolute atomic E-state index is 11.9. The van der Waals surface area contributed by atoms with Crippen LogP contribution in [0.5, 0.6) is 0 Å². The van der Waals surface area contributed by atoms with Gasteiger partial charge >= 0.3 is 11.9 Å². The quantitative estimate of drug-likeness (QED) is 0.446. The van der Waals surface area contributed by atoms with E-state index in [0.717, 1.165) is 12.8 Å². The lowest BCUT2D eigenvalue weighted by Crippen LogP contribution is -2.12. The summed E-state index contributed by atoms with van der Waals surface area (Å²) in [5.41, 5.74) is 1.04. The molecule has 1 heterocycles. The van der Waals surface area contributed by atoms with E-state index in [1.807, 2.05) is 6.07 Å². The zero-order valence-electron chi connectivity index (χ0n) is 12.5. The van der Waals surface area contributed by atoms with Gasteiger partial charge in [0.25, 0.3) is 0 Å². The Morgan fingerprint density at radius 1 is 1.32 bits per heavy atom. The summed E-state index contributed by atoms with van der Waals surface area (Å²) in [6.45, 7) is 3.94. The molecule has 0 amide bonds. The first-order chi connectivity index (χ1) is 10.7. The van der Waals surface area contributed by atoms with Gasteiger partial charge < -0.3 is 13.9 Å². The minimum atomic E-state index is -0.606. The van der Waals surface area contributed by atoms with Gasteiger partial charge in [0.05, 0.1) is 20.1 Å². The summed E-state index contributed by atoms with van der Waals surface area (Å²) >= 11 is 0. The van der Waals surface area contributed by atoms with E-state index in [1.165, 1.54) is 7.11 Å². The monoisotopic (exact) mass is 302 g/mol. The van der Waals surface area contributed by atoms with E-state index in [-0.39, 0.29) is 12.2 Å². The molecule has 2 aromatic rings. The van der Waals surface area contributed by atoms with E-state index in [2.05, 4.69) is 6.58 Å². The number of hydrogen-bond acceptors (Lipinski definition) is 5. The van der Waals surface area contributed by atoms with Crippen molar-refractivity contribution in [2.45, 2.75) is 19.3 Å². The van der Waals surface area contributed by atoms with Crippen LogP contribution in [0.15, 0.2) is 41.3 Å². The fraction of sp³-hybridized carbons (Fsp3) is 0.294. The van der Waals surface area contributed by atoms with Gasteiger partial charge in [-0.05, 0) is 18.9 Å². The van der Waals surface area contributed by atoms with Crippen LogP contribution in [0, 0.1) is 0 Å². The molecule has 0 spiro atoms. The summed E-state index contributed by atoms with van der Waals surface area (Å²) in [6, 6.07) is 7.15. The summed E-state index contributed by atoms with van der Waals surface area (Å²) < 4.78 is 15.4. The van der Waals surface area contributed by atoms with Gasteiger partial charge in [0, 0.05) is 10.9 Å². The Kier molecular flexibility index (Phi) is 5.36. The third-order valence-electron chi connectivity index (χ3n) is 3.21. The zero-order valence-corrected chi connectivity index (χ0v) is 12.5. The van der Waals surface area contributed by atoms with Crippen molar-refractivity contribution in [3.05, 3.63) is 48.2 Å². The van der Waals surface area contributed by atoms with Crippen molar-refractivity contribution in [3.8, 4) is 0 Å². The Labute approximate surface area is 128 Å². The van der Waals surface area contributed by atoms with Crippen LogP contribution in [0.4, 0.5) is 0 Å². The van der Waals surface area contributed by atoms with E-state index >= 15 is 0 Å². The fourth-order valence-electron chi connectivity index (χ4n) is 2.14. The lowest BCUT2D eigenvalue weighted by molar-refractivity contribution is -0.142. The molecule has 0 aliphatic carbocycles. The highest BCUT2D eigenvalue weighted by Gasteiger charge is 2.23. The fourth-order valence-corrected chi connectivity index (χ4v) is 2.14. The summed E-state index contributed by atoms with van der Waals surface area (Å²) in [4.78, 5) is 23.7. The van der Waals surface area contributed by atoms with Crippen molar-refractivity contribution in [1.29, 1.82) is 0 Å². The Balaban J connectivity index is 2.19. The Hall–Kier alpha value is -2.56. The average Bonchev–Trinajstić information content (AvgIpc) is 2.89. The average molecular weight is 302 g/mol. The van der Waals surface area contributed by atoms with E-state index in [9.17, 15) is 9.59 Å². The molecule has 5 heteroatoms. The van der Waals surface area contributed by atoms with Gasteiger partial charge in [0.2, 0.25) is 5.76 Å². The molecule has 2 rings (SSSR count). The van der Waals surface area contributed by atoms with E-state index in [4.69, 9.17) is 13.9 Å². The number of carbonyl (C=O) groups is 2. The largest absolute Gasteiger partial charge is 0.465 e. The number of furan rings is 1. The molecular formula is C17H18O5. The number of carbonyl (C=O) groups excluding carboxylic acids is 2. The summed E-state index contributed by atoms with van der Waals surface area (Å²) in [5.74, 6) is -0.960. The highest BCUT2D eigenvalue weighted by molar-refractivity contribution is 5.98. The number of ether oxygens (including phenoxy) is 2. The minimum absolute atomic E-state index is 0.0322. The number of unbranched alkanes of at least 4 members (excludes halogenated alkanes) is 1. The molecular weight excluding hydrogens is 284 g/mol. The number of benzene rings is 1. The van der Waals surface area contributed by atoms with Crippen LogP contribution in [0.1, 0.15) is 29.0 Å². The number of methoxy groups -OCH3 is 1. The molecule has 0 unspecified atom stereocenters. The van der Waals surface area contributed by atoms with Gasteiger partial charge in [0.1, 0.15) is 5.58 Å². The molecule has 0 aliphatic heterocycles. The second-order valence-corrected chi connectivity index (χ2v) is 4.73. The number of rotatable bonds is 7. The van der Waals surface area contributed by atoms with Crippen LogP contribution in [0.3, 0.4) is 0 Å². The van der Waals surface area contributed by atoms with Crippen LogP contribution in [-0.4, -0.2) is 25.7 Å². The summed E-state index contributed by atoms with van der Waals surface area (Å²) in [7, 11) is 1.27. The van der Waals surface area contributed by atoms with Crippen molar-refractivity contribution in [2.75, 3.05) is 13.7 Å². The maximum Gasteiger partial charge on any atom is 0.374 e. The molecule has 0 bridgehead atoms. The topological polar surface area (TPSA) is 65.7 Å². The molecule has 0 saturated heterocycles.